The largest absolute Gasteiger partial charge is 0.450 e. The second-order valence-corrected chi connectivity index (χ2v) is 7.99. The van der Waals surface area contributed by atoms with Crippen LogP contribution in [0, 0.1) is 0 Å². The van der Waals surface area contributed by atoms with Gasteiger partial charge < -0.3 is 20.3 Å². The smallest absolute Gasteiger partial charge is 0.409 e. The standard InChI is InChI=1S/C23H37N5O2.HI/c1-3-24-22(26-20-12-16-28(17-13-20)23(29)30-4-2)25-18-21(27-14-8-9-15-27)19-10-6-5-7-11-19;/h5-7,10-11,20-21H,3-4,8-9,12-18H2,1-2H3,(H2,24,25,26);1H. The van der Waals surface area contributed by atoms with Gasteiger partial charge in [0, 0.05) is 25.7 Å². The summed E-state index contributed by atoms with van der Waals surface area (Å²) in [5.41, 5.74) is 1.33. The molecule has 3 rings (SSSR count). The first-order valence-corrected chi connectivity index (χ1v) is 11.5. The lowest BCUT2D eigenvalue weighted by molar-refractivity contribution is 0.0963. The van der Waals surface area contributed by atoms with Gasteiger partial charge in [-0.2, -0.15) is 0 Å². The van der Waals surface area contributed by atoms with Crippen LogP contribution >= 0.6 is 24.0 Å². The zero-order chi connectivity index (χ0) is 21.2. The molecular weight excluding hydrogens is 505 g/mol. The zero-order valence-corrected chi connectivity index (χ0v) is 21.2. The third-order valence-electron chi connectivity index (χ3n) is 5.89. The van der Waals surface area contributed by atoms with Crippen molar-refractivity contribution in [2.45, 2.75) is 51.6 Å². The van der Waals surface area contributed by atoms with Crippen LogP contribution in [0.1, 0.15) is 51.1 Å². The van der Waals surface area contributed by atoms with Gasteiger partial charge in [0.1, 0.15) is 0 Å². The van der Waals surface area contributed by atoms with E-state index in [1.54, 1.807) is 4.90 Å². The Labute approximate surface area is 204 Å². The molecule has 1 aromatic carbocycles. The molecule has 0 aromatic heterocycles. The number of ether oxygens (including phenoxy) is 1. The molecule has 2 heterocycles. The van der Waals surface area contributed by atoms with Gasteiger partial charge in [-0.05, 0) is 58.2 Å². The highest BCUT2D eigenvalue weighted by molar-refractivity contribution is 14.0. The second-order valence-electron chi connectivity index (χ2n) is 7.99. The molecule has 2 N–H and O–H groups in total. The SMILES string of the molecule is CCNC(=NCC(c1ccccc1)N1CCCC1)NC1CCN(C(=O)OCC)CC1.I. The Kier molecular flexibility index (Phi) is 11.4. The van der Waals surface area contributed by atoms with E-state index in [0.717, 1.165) is 58.1 Å². The Morgan fingerprint density at radius 2 is 1.81 bits per heavy atom. The number of aliphatic imine (C=N–C) groups is 1. The van der Waals surface area contributed by atoms with Gasteiger partial charge in [0.2, 0.25) is 0 Å². The van der Waals surface area contributed by atoms with E-state index in [4.69, 9.17) is 9.73 Å². The lowest BCUT2D eigenvalue weighted by atomic mass is 10.1. The summed E-state index contributed by atoms with van der Waals surface area (Å²) in [6.45, 7) is 9.65. The molecule has 2 saturated heterocycles. The molecule has 0 saturated carbocycles. The van der Waals surface area contributed by atoms with Gasteiger partial charge in [-0.3, -0.25) is 9.89 Å². The van der Waals surface area contributed by atoms with E-state index in [1.165, 1.54) is 18.4 Å². The topological polar surface area (TPSA) is 69.2 Å². The summed E-state index contributed by atoms with van der Waals surface area (Å²) in [6, 6.07) is 11.4. The zero-order valence-electron chi connectivity index (χ0n) is 18.9. The number of carbonyl (C=O) groups excluding carboxylic acids is 1. The fourth-order valence-corrected chi connectivity index (χ4v) is 4.27. The number of carbonyl (C=O) groups is 1. The first-order chi connectivity index (χ1) is 14.7. The van der Waals surface area contributed by atoms with Crippen LogP contribution < -0.4 is 10.6 Å². The minimum atomic E-state index is -0.201. The van der Waals surface area contributed by atoms with Crippen LogP contribution in [0.15, 0.2) is 35.3 Å². The van der Waals surface area contributed by atoms with E-state index in [1.807, 2.05) is 6.92 Å². The van der Waals surface area contributed by atoms with Gasteiger partial charge in [-0.1, -0.05) is 30.3 Å². The minimum Gasteiger partial charge on any atom is -0.450 e. The molecule has 0 bridgehead atoms. The van der Waals surface area contributed by atoms with Crippen molar-refractivity contribution in [3.8, 4) is 0 Å². The predicted octanol–water partition coefficient (Wildman–Crippen LogP) is 3.62. The molecule has 8 heteroatoms. The van der Waals surface area contributed by atoms with E-state index < -0.39 is 0 Å². The maximum Gasteiger partial charge on any atom is 0.409 e. The highest BCUT2D eigenvalue weighted by atomic mass is 127. The Morgan fingerprint density at radius 1 is 1.13 bits per heavy atom. The summed E-state index contributed by atoms with van der Waals surface area (Å²) >= 11 is 0. The molecule has 1 unspecified atom stereocenters. The van der Waals surface area contributed by atoms with Crippen LogP contribution in [0.3, 0.4) is 0 Å². The van der Waals surface area contributed by atoms with Gasteiger partial charge in [-0.15, -0.1) is 24.0 Å². The first-order valence-electron chi connectivity index (χ1n) is 11.5. The number of rotatable bonds is 7. The van der Waals surface area contributed by atoms with Crippen LogP contribution in [0.5, 0.6) is 0 Å². The number of piperidine rings is 1. The van der Waals surface area contributed by atoms with Crippen LogP contribution in [0.25, 0.3) is 0 Å². The molecule has 31 heavy (non-hydrogen) atoms. The Morgan fingerprint density at radius 3 is 2.42 bits per heavy atom. The van der Waals surface area contributed by atoms with Crippen molar-refractivity contribution in [2.75, 3.05) is 45.9 Å². The van der Waals surface area contributed by atoms with Gasteiger partial charge in [0.25, 0.3) is 0 Å². The number of halogens is 1. The number of nitrogens with one attached hydrogen (secondary N) is 2. The molecule has 1 amide bonds. The maximum atomic E-state index is 11.9. The number of likely N-dealkylation sites (tertiary alicyclic amines) is 2. The lowest BCUT2D eigenvalue weighted by Gasteiger charge is -2.32. The number of benzene rings is 1. The molecule has 174 valence electrons. The highest BCUT2D eigenvalue weighted by Crippen LogP contribution is 2.25. The molecule has 2 aliphatic rings. The van der Waals surface area contributed by atoms with Crippen molar-refractivity contribution in [1.29, 1.82) is 0 Å². The highest BCUT2D eigenvalue weighted by Gasteiger charge is 2.25. The van der Waals surface area contributed by atoms with Gasteiger partial charge >= 0.3 is 6.09 Å². The van der Waals surface area contributed by atoms with Crippen molar-refractivity contribution in [1.82, 2.24) is 20.4 Å². The van der Waals surface area contributed by atoms with Gasteiger partial charge in [-0.25, -0.2) is 4.79 Å². The number of guanidine groups is 1. The van der Waals surface area contributed by atoms with E-state index in [2.05, 4.69) is 52.8 Å². The molecule has 2 aliphatic heterocycles. The lowest BCUT2D eigenvalue weighted by Crippen LogP contribution is -2.50. The van der Waals surface area contributed by atoms with E-state index in [9.17, 15) is 4.79 Å². The van der Waals surface area contributed by atoms with Crippen molar-refractivity contribution in [2.24, 2.45) is 4.99 Å². The number of hydrogen-bond acceptors (Lipinski definition) is 4. The van der Waals surface area contributed by atoms with Crippen LogP contribution in [0.4, 0.5) is 4.79 Å². The summed E-state index contributed by atoms with van der Waals surface area (Å²) < 4.78 is 5.12. The third kappa shape index (κ3) is 7.82. The number of amides is 1. The summed E-state index contributed by atoms with van der Waals surface area (Å²) in [4.78, 5) is 21.2. The molecule has 7 nitrogen and oxygen atoms in total. The average Bonchev–Trinajstić information content (AvgIpc) is 3.30. The summed E-state index contributed by atoms with van der Waals surface area (Å²) in [5, 5.41) is 6.98. The summed E-state index contributed by atoms with van der Waals surface area (Å²) in [5.74, 6) is 0.868. The fourth-order valence-electron chi connectivity index (χ4n) is 4.27. The van der Waals surface area contributed by atoms with Gasteiger partial charge in [0.15, 0.2) is 5.96 Å². The van der Waals surface area contributed by atoms with E-state index in [0.29, 0.717) is 18.7 Å². The Balaban J connectivity index is 0.00000341. The predicted molar refractivity (Wildman–Crippen MR) is 136 cm³/mol. The Hall–Kier alpha value is -1.55. The van der Waals surface area contributed by atoms with E-state index in [-0.39, 0.29) is 30.1 Å². The summed E-state index contributed by atoms with van der Waals surface area (Å²) in [6.07, 6.45) is 4.14. The molecule has 2 fully saturated rings. The van der Waals surface area contributed by atoms with Gasteiger partial charge in [0.05, 0.1) is 19.2 Å². The third-order valence-corrected chi connectivity index (χ3v) is 5.89. The average molecular weight is 543 g/mol. The maximum absolute atomic E-state index is 11.9. The molecule has 1 aromatic rings. The van der Waals surface area contributed by atoms with Crippen molar-refractivity contribution in [3.05, 3.63) is 35.9 Å². The molecule has 1 atom stereocenters. The van der Waals surface area contributed by atoms with Crippen LogP contribution in [-0.2, 0) is 4.74 Å². The fraction of sp³-hybridized carbons (Fsp3) is 0.652. The number of hydrogen-bond donors (Lipinski definition) is 2. The number of nitrogens with zero attached hydrogens (tertiary/aromatic N) is 3. The monoisotopic (exact) mass is 543 g/mol. The summed E-state index contributed by atoms with van der Waals surface area (Å²) in [7, 11) is 0. The molecule has 0 spiro atoms. The molecule has 0 radical (unpaired) electrons. The first kappa shape index (κ1) is 25.7. The van der Waals surface area contributed by atoms with E-state index >= 15 is 0 Å². The normalized spacial score (nSPS) is 18.9. The van der Waals surface area contributed by atoms with Crippen LogP contribution in [-0.4, -0.2) is 73.8 Å². The Bertz CT molecular complexity index is 674. The van der Waals surface area contributed by atoms with Crippen molar-refractivity contribution < 1.29 is 9.53 Å². The van der Waals surface area contributed by atoms with Crippen LogP contribution in [0.2, 0.25) is 0 Å². The minimum absolute atomic E-state index is 0. The quantitative estimate of drug-likeness (QED) is 0.313. The molecule has 0 aliphatic carbocycles. The second kappa shape index (κ2) is 13.8. The van der Waals surface area contributed by atoms with Crippen molar-refractivity contribution in [3.63, 3.8) is 0 Å². The van der Waals surface area contributed by atoms with Crippen molar-refractivity contribution >= 4 is 36.0 Å². The molecular formula is C23H38IN5O2.